The van der Waals surface area contributed by atoms with E-state index < -0.39 is 6.61 Å². The van der Waals surface area contributed by atoms with Crippen molar-refractivity contribution < 1.29 is 18.6 Å². The average Bonchev–Trinajstić information content (AvgIpc) is 2.68. The molecule has 1 N–H and O–H groups in total. The molecule has 1 saturated heterocycles. The van der Waals surface area contributed by atoms with Gasteiger partial charge in [0.05, 0.1) is 11.1 Å². The Balaban J connectivity index is 2.00. The lowest BCUT2D eigenvalue weighted by Crippen LogP contribution is -2.21. The number of aliphatic hydroxyl groups is 1. The number of benzene rings is 1. The number of ether oxygens (including phenoxy) is 1. The van der Waals surface area contributed by atoms with E-state index in [1.54, 1.807) is 12.1 Å². The summed E-state index contributed by atoms with van der Waals surface area (Å²) in [5.74, 6) is -0.0168. The molecule has 0 amide bonds. The van der Waals surface area contributed by atoms with E-state index in [2.05, 4.69) is 9.64 Å². The first-order chi connectivity index (χ1) is 8.54. The molecule has 0 bridgehead atoms. The van der Waals surface area contributed by atoms with E-state index in [1.807, 2.05) is 0 Å². The SMILES string of the molecule is O[C@@H]1CCN(Cc2ccc(OC(F)F)c(Cl)c2)C1. The molecular formula is C12H14ClF2NO2. The smallest absolute Gasteiger partial charge is 0.387 e. The lowest BCUT2D eigenvalue weighted by Gasteiger charge is -2.15. The summed E-state index contributed by atoms with van der Waals surface area (Å²) >= 11 is 5.86. The van der Waals surface area contributed by atoms with E-state index in [1.165, 1.54) is 6.07 Å². The molecule has 0 radical (unpaired) electrons. The summed E-state index contributed by atoms with van der Waals surface area (Å²) in [7, 11) is 0. The molecule has 1 fully saturated rings. The number of aliphatic hydroxyl groups excluding tert-OH is 1. The molecule has 18 heavy (non-hydrogen) atoms. The maximum Gasteiger partial charge on any atom is 0.387 e. The highest BCUT2D eigenvalue weighted by Crippen LogP contribution is 2.27. The van der Waals surface area contributed by atoms with E-state index in [9.17, 15) is 13.9 Å². The van der Waals surface area contributed by atoms with Crippen LogP contribution in [-0.4, -0.2) is 35.8 Å². The Morgan fingerprint density at radius 1 is 1.50 bits per heavy atom. The van der Waals surface area contributed by atoms with Gasteiger partial charge in [0.25, 0.3) is 0 Å². The maximum atomic E-state index is 12.1. The van der Waals surface area contributed by atoms with Crippen molar-refractivity contribution in [3.63, 3.8) is 0 Å². The number of likely N-dealkylation sites (tertiary alicyclic amines) is 1. The lowest BCUT2D eigenvalue weighted by atomic mass is 10.2. The fraction of sp³-hybridized carbons (Fsp3) is 0.500. The van der Waals surface area contributed by atoms with Crippen molar-refractivity contribution in [1.29, 1.82) is 0 Å². The number of rotatable bonds is 4. The molecule has 0 unspecified atom stereocenters. The van der Waals surface area contributed by atoms with Crippen molar-refractivity contribution in [3.05, 3.63) is 28.8 Å². The normalized spacial score (nSPS) is 20.6. The van der Waals surface area contributed by atoms with Crippen molar-refractivity contribution in [2.75, 3.05) is 13.1 Å². The van der Waals surface area contributed by atoms with Gasteiger partial charge in [-0.05, 0) is 24.1 Å². The quantitative estimate of drug-likeness (QED) is 0.918. The summed E-state index contributed by atoms with van der Waals surface area (Å²) in [6, 6.07) is 4.76. The molecule has 1 aliphatic heterocycles. The lowest BCUT2D eigenvalue weighted by molar-refractivity contribution is -0.0498. The standard InChI is InChI=1S/C12H14ClF2NO2/c13-10-5-8(1-2-11(10)18-12(14)15)6-16-4-3-9(17)7-16/h1-2,5,9,12,17H,3-4,6-7H2/t9-/m1/s1. The number of hydrogen-bond donors (Lipinski definition) is 1. The van der Waals surface area contributed by atoms with E-state index in [4.69, 9.17) is 11.6 Å². The molecule has 6 heteroatoms. The number of nitrogens with zero attached hydrogens (tertiary/aromatic N) is 1. The minimum Gasteiger partial charge on any atom is -0.433 e. The topological polar surface area (TPSA) is 32.7 Å². The number of alkyl halides is 2. The summed E-state index contributed by atoms with van der Waals surface area (Å²) in [6.07, 6.45) is 0.488. The van der Waals surface area contributed by atoms with Crippen LogP contribution in [0, 0.1) is 0 Å². The first kappa shape index (κ1) is 13.5. The van der Waals surface area contributed by atoms with Crippen LogP contribution in [0.1, 0.15) is 12.0 Å². The third-order valence-electron chi connectivity index (χ3n) is 2.87. The Hall–Kier alpha value is -0.910. The van der Waals surface area contributed by atoms with E-state index in [-0.39, 0.29) is 16.9 Å². The van der Waals surface area contributed by atoms with Gasteiger partial charge in [0.15, 0.2) is 0 Å². The minimum absolute atomic E-state index is 0.0168. The zero-order valence-electron chi connectivity index (χ0n) is 9.65. The van der Waals surface area contributed by atoms with Gasteiger partial charge in [-0.15, -0.1) is 0 Å². The minimum atomic E-state index is -2.87. The molecule has 0 spiro atoms. The van der Waals surface area contributed by atoms with E-state index in [0.29, 0.717) is 13.1 Å². The van der Waals surface area contributed by atoms with Crippen LogP contribution in [0.15, 0.2) is 18.2 Å². The second kappa shape index (κ2) is 5.82. The third-order valence-corrected chi connectivity index (χ3v) is 3.16. The molecule has 0 aromatic heterocycles. The molecule has 0 aliphatic carbocycles. The number of halogens is 3. The van der Waals surface area contributed by atoms with Crippen LogP contribution in [0.5, 0.6) is 5.75 Å². The highest BCUT2D eigenvalue weighted by Gasteiger charge is 2.20. The predicted octanol–water partition coefficient (Wildman–Crippen LogP) is 2.51. The Morgan fingerprint density at radius 2 is 2.28 bits per heavy atom. The molecule has 2 rings (SSSR count). The molecule has 1 aromatic rings. The van der Waals surface area contributed by atoms with Gasteiger partial charge < -0.3 is 9.84 Å². The summed E-state index contributed by atoms with van der Waals surface area (Å²) < 4.78 is 28.4. The van der Waals surface area contributed by atoms with Crippen LogP contribution >= 0.6 is 11.6 Å². The molecule has 1 heterocycles. The van der Waals surface area contributed by atoms with E-state index >= 15 is 0 Å². The van der Waals surface area contributed by atoms with Crippen molar-refractivity contribution in [2.24, 2.45) is 0 Å². The van der Waals surface area contributed by atoms with Gasteiger partial charge in [0.1, 0.15) is 5.75 Å². The summed E-state index contributed by atoms with van der Waals surface area (Å²) in [6.45, 7) is -0.769. The Kier molecular flexibility index (Phi) is 4.37. The van der Waals surface area contributed by atoms with Gasteiger partial charge in [-0.3, -0.25) is 4.90 Å². The number of β-amino-alcohol motifs (C(OH)–C–C–N with tert-alkyl or cyclic N) is 1. The molecule has 1 atom stereocenters. The molecule has 1 aliphatic rings. The summed E-state index contributed by atoms with van der Waals surface area (Å²) in [5.41, 5.74) is 0.913. The van der Waals surface area contributed by atoms with E-state index in [0.717, 1.165) is 18.5 Å². The zero-order valence-corrected chi connectivity index (χ0v) is 10.4. The molecule has 100 valence electrons. The van der Waals surface area contributed by atoms with Gasteiger partial charge in [-0.2, -0.15) is 8.78 Å². The number of hydrogen-bond acceptors (Lipinski definition) is 3. The highest BCUT2D eigenvalue weighted by molar-refractivity contribution is 6.32. The van der Waals surface area contributed by atoms with Crippen LogP contribution in [-0.2, 0) is 6.54 Å². The van der Waals surface area contributed by atoms with Gasteiger partial charge in [-0.25, -0.2) is 0 Å². The van der Waals surface area contributed by atoms with Crippen LogP contribution < -0.4 is 4.74 Å². The highest BCUT2D eigenvalue weighted by atomic mass is 35.5. The molecular weight excluding hydrogens is 264 g/mol. The zero-order chi connectivity index (χ0) is 13.1. The molecule has 3 nitrogen and oxygen atoms in total. The first-order valence-electron chi connectivity index (χ1n) is 5.68. The second-order valence-electron chi connectivity index (χ2n) is 4.32. The van der Waals surface area contributed by atoms with Crippen LogP contribution in [0.2, 0.25) is 5.02 Å². The van der Waals surface area contributed by atoms with Crippen molar-refractivity contribution in [3.8, 4) is 5.75 Å². The first-order valence-corrected chi connectivity index (χ1v) is 6.06. The maximum absolute atomic E-state index is 12.1. The Labute approximate surface area is 109 Å². The van der Waals surface area contributed by atoms with Crippen LogP contribution in [0.3, 0.4) is 0 Å². The molecule has 1 aromatic carbocycles. The van der Waals surface area contributed by atoms with Crippen molar-refractivity contribution in [2.45, 2.75) is 25.7 Å². The van der Waals surface area contributed by atoms with Gasteiger partial charge in [0.2, 0.25) is 0 Å². The van der Waals surface area contributed by atoms with Crippen molar-refractivity contribution in [1.82, 2.24) is 4.90 Å². The van der Waals surface area contributed by atoms with Gasteiger partial charge in [-0.1, -0.05) is 17.7 Å². The Morgan fingerprint density at radius 3 is 2.83 bits per heavy atom. The molecule has 0 saturated carbocycles. The summed E-state index contributed by atoms with van der Waals surface area (Å²) in [5, 5.41) is 9.58. The fourth-order valence-electron chi connectivity index (χ4n) is 2.05. The average molecular weight is 278 g/mol. The predicted molar refractivity (Wildman–Crippen MR) is 64.0 cm³/mol. The van der Waals surface area contributed by atoms with Crippen LogP contribution in [0.4, 0.5) is 8.78 Å². The Bertz CT molecular complexity index is 417. The fourth-order valence-corrected chi connectivity index (χ4v) is 2.30. The van der Waals surface area contributed by atoms with Gasteiger partial charge in [0, 0.05) is 19.6 Å². The third kappa shape index (κ3) is 3.54. The van der Waals surface area contributed by atoms with Gasteiger partial charge >= 0.3 is 6.61 Å². The monoisotopic (exact) mass is 277 g/mol. The second-order valence-corrected chi connectivity index (χ2v) is 4.73. The largest absolute Gasteiger partial charge is 0.433 e. The summed E-state index contributed by atoms with van der Waals surface area (Å²) in [4.78, 5) is 2.09. The van der Waals surface area contributed by atoms with Crippen LogP contribution in [0.25, 0.3) is 0 Å². The van der Waals surface area contributed by atoms with Crippen molar-refractivity contribution >= 4 is 11.6 Å².